The standard InChI is InChI=1S/C25H31ClN4S/c1-3-4-5-6-7-8-9-10-11-21-16-22-24(19-12-14-20(26)15-13-19)27-17-23-29-28-18(2)30(23)25(22)31-21/h12-16H,3-11,17H2,1-2H3. The van der Waals surface area contributed by atoms with Gasteiger partial charge in [-0.25, -0.2) is 0 Å². The summed E-state index contributed by atoms with van der Waals surface area (Å²) in [6.45, 7) is 4.83. The second-order valence-electron chi connectivity index (χ2n) is 8.33. The number of unbranched alkanes of at least 4 members (excludes halogenated alkanes) is 7. The van der Waals surface area contributed by atoms with Gasteiger partial charge in [0.25, 0.3) is 0 Å². The van der Waals surface area contributed by atoms with E-state index in [9.17, 15) is 0 Å². The van der Waals surface area contributed by atoms with Crippen LogP contribution in [0.3, 0.4) is 0 Å². The number of fused-ring (bicyclic) bond motifs is 3. The van der Waals surface area contributed by atoms with Gasteiger partial charge >= 0.3 is 0 Å². The Balaban J connectivity index is 1.51. The van der Waals surface area contributed by atoms with Gasteiger partial charge in [-0.3, -0.25) is 9.56 Å². The fraction of sp³-hybridized carbons (Fsp3) is 0.480. The van der Waals surface area contributed by atoms with Crippen LogP contribution >= 0.6 is 22.9 Å². The second kappa shape index (κ2) is 10.6. The van der Waals surface area contributed by atoms with Crippen molar-refractivity contribution >= 4 is 28.6 Å². The van der Waals surface area contributed by atoms with Crippen LogP contribution in [0, 0.1) is 6.92 Å². The van der Waals surface area contributed by atoms with Crippen LogP contribution in [0.15, 0.2) is 35.3 Å². The minimum atomic E-state index is 0.535. The van der Waals surface area contributed by atoms with Crippen molar-refractivity contribution in [1.82, 2.24) is 14.8 Å². The Bertz CT molecular complexity index is 1030. The Morgan fingerprint density at radius 2 is 1.68 bits per heavy atom. The quantitative estimate of drug-likeness (QED) is 0.301. The van der Waals surface area contributed by atoms with Crippen LogP contribution in [0.4, 0.5) is 0 Å². The maximum absolute atomic E-state index is 6.12. The van der Waals surface area contributed by atoms with E-state index in [-0.39, 0.29) is 0 Å². The first-order valence-electron chi connectivity index (χ1n) is 11.5. The summed E-state index contributed by atoms with van der Waals surface area (Å²) in [4.78, 5) is 6.35. The summed E-state index contributed by atoms with van der Waals surface area (Å²) >= 11 is 7.98. The molecule has 4 nitrogen and oxygen atoms in total. The number of aromatic nitrogens is 3. The van der Waals surface area contributed by atoms with E-state index < -0.39 is 0 Å². The summed E-state index contributed by atoms with van der Waals surface area (Å²) in [5.41, 5.74) is 3.30. The van der Waals surface area contributed by atoms with Crippen LogP contribution in [0.5, 0.6) is 0 Å². The molecule has 3 heterocycles. The molecule has 4 rings (SSSR count). The average molecular weight is 455 g/mol. The van der Waals surface area contributed by atoms with Crippen molar-refractivity contribution in [3.63, 3.8) is 0 Å². The van der Waals surface area contributed by atoms with Crippen molar-refractivity contribution in [2.24, 2.45) is 4.99 Å². The maximum atomic E-state index is 6.12. The van der Waals surface area contributed by atoms with E-state index in [0.29, 0.717) is 6.54 Å². The van der Waals surface area contributed by atoms with E-state index in [0.717, 1.165) is 34.4 Å². The maximum Gasteiger partial charge on any atom is 0.160 e. The van der Waals surface area contributed by atoms with Crippen LogP contribution in [0.2, 0.25) is 5.02 Å². The van der Waals surface area contributed by atoms with E-state index >= 15 is 0 Å². The Morgan fingerprint density at radius 1 is 0.968 bits per heavy atom. The molecule has 0 atom stereocenters. The molecule has 0 radical (unpaired) electrons. The molecule has 1 aliphatic heterocycles. The van der Waals surface area contributed by atoms with Crippen LogP contribution in [-0.2, 0) is 13.0 Å². The number of rotatable bonds is 10. The van der Waals surface area contributed by atoms with Crippen molar-refractivity contribution in [2.45, 2.75) is 78.2 Å². The van der Waals surface area contributed by atoms with Gasteiger partial charge in [-0.2, -0.15) is 0 Å². The highest BCUT2D eigenvalue weighted by Crippen LogP contribution is 2.34. The van der Waals surface area contributed by atoms with E-state index in [2.05, 4.69) is 39.9 Å². The highest BCUT2D eigenvalue weighted by Gasteiger charge is 2.24. The van der Waals surface area contributed by atoms with E-state index in [1.165, 1.54) is 66.8 Å². The smallest absolute Gasteiger partial charge is 0.160 e. The Hall–Kier alpha value is -1.98. The molecular weight excluding hydrogens is 424 g/mol. The number of hydrogen-bond donors (Lipinski definition) is 0. The molecule has 3 aromatic rings. The molecule has 6 heteroatoms. The van der Waals surface area contributed by atoms with Crippen LogP contribution in [0.25, 0.3) is 5.00 Å². The summed E-state index contributed by atoms with van der Waals surface area (Å²) < 4.78 is 2.18. The van der Waals surface area contributed by atoms with Crippen molar-refractivity contribution in [2.75, 3.05) is 0 Å². The fourth-order valence-electron chi connectivity index (χ4n) is 4.19. The summed E-state index contributed by atoms with van der Waals surface area (Å²) in [5.74, 6) is 1.83. The zero-order valence-corrected chi connectivity index (χ0v) is 20.1. The lowest BCUT2D eigenvalue weighted by Crippen LogP contribution is -2.05. The van der Waals surface area contributed by atoms with Gasteiger partial charge in [-0.1, -0.05) is 75.6 Å². The lowest BCUT2D eigenvalue weighted by atomic mass is 10.0. The number of halogens is 1. The highest BCUT2D eigenvalue weighted by molar-refractivity contribution is 7.15. The monoisotopic (exact) mass is 454 g/mol. The molecule has 1 aromatic carbocycles. The fourth-order valence-corrected chi connectivity index (χ4v) is 5.58. The number of aliphatic imine (C=N–C) groups is 1. The van der Waals surface area contributed by atoms with Crippen LogP contribution in [0.1, 0.15) is 85.9 Å². The van der Waals surface area contributed by atoms with Gasteiger partial charge in [0.15, 0.2) is 5.82 Å². The lowest BCUT2D eigenvalue weighted by molar-refractivity contribution is 0.576. The van der Waals surface area contributed by atoms with E-state index in [1.54, 1.807) is 0 Å². The first-order chi connectivity index (χ1) is 15.2. The van der Waals surface area contributed by atoms with Crippen molar-refractivity contribution in [3.05, 3.63) is 63.0 Å². The average Bonchev–Trinajstić information content (AvgIpc) is 3.30. The molecule has 0 saturated carbocycles. The molecule has 0 N–H and O–H groups in total. The second-order valence-corrected chi connectivity index (χ2v) is 9.88. The zero-order chi connectivity index (χ0) is 21.6. The highest BCUT2D eigenvalue weighted by atomic mass is 35.5. The molecule has 0 amide bonds. The normalized spacial score (nSPS) is 12.9. The first-order valence-corrected chi connectivity index (χ1v) is 12.7. The molecule has 0 spiro atoms. The van der Waals surface area contributed by atoms with Crippen LogP contribution in [-0.4, -0.2) is 20.5 Å². The van der Waals surface area contributed by atoms with Crippen molar-refractivity contribution in [1.29, 1.82) is 0 Å². The minimum Gasteiger partial charge on any atom is -0.276 e. The Kier molecular flexibility index (Phi) is 7.57. The third-order valence-electron chi connectivity index (χ3n) is 5.89. The molecular formula is C25H31ClN4S. The third-order valence-corrected chi connectivity index (χ3v) is 7.32. The van der Waals surface area contributed by atoms with Gasteiger partial charge < -0.3 is 0 Å². The van der Waals surface area contributed by atoms with Gasteiger partial charge in [0.2, 0.25) is 0 Å². The molecule has 0 aliphatic carbocycles. The zero-order valence-electron chi connectivity index (χ0n) is 18.5. The molecule has 164 valence electrons. The molecule has 0 saturated heterocycles. The molecule has 1 aliphatic rings. The molecule has 0 fully saturated rings. The number of benzene rings is 1. The summed E-state index contributed by atoms with van der Waals surface area (Å²) in [6, 6.07) is 10.3. The third kappa shape index (κ3) is 5.27. The minimum absolute atomic E-state index is 0.535. The molecule has 0 unspecified atom stereocenters. The SMILES string of the molecule is CCCCCCCCCCc1cc2c(s1)-n1c(C)nnc1CN=C2c1ccc(Cl)cc1. The predicted octanol–water partition coefficient (Wildman–Crippen LogP) is 7.32. The van der Waals surface area contributed by atoms with Gasteiger partial charge in [0.1, 0.15) is 17.4 Å². The number of aryl methyl sites for hydroxylation is 2. The van der Waals surface area contributed by atoms with Gasteiger partial charge in [0, 0.05) is 21.0 Å². The topological polar surface area (TPSA) is 43.1 Å². The predicted molar refractivity (Wildman–Crippen MR) is 131 cm³/mol. The number of nitrogens with zero attached hydrogens (tertiary/aromatic N) is 4. The van der Waals surface area contributed by atoms with Crippen molar-refractivity contribution in [3.8, 4) is 5.00 Å². The van der Waals surface area contributed by atoms with Gasteiger partial charge in [-0.15, -0.1) is 21.5 Å². The molecule has 2 aromatic heterocycles. The number of hydrogen-bond acceptors (Lipinski definition) is 4. The largest absolute Gasteiger partial charge is 0.276 e. The lowest BCUT2D eigenvalue weighted by Gasteiger charge is -2.07. The van der Waals surface area contributed by atoms with E-state index in [4.69, 9.17) is 16.6 Å². The summed E-state index contributed by atoms with van der Waals surface area (Å²) in [7, 11) is 0. The Morgan fingerprint density at radius 3 is 2.42 bits per heavy atom. The van der Waals surface area contributed by atoms with Crippen LogP contribution < -0.4 is 0 Å². The Labute approximate surface area is 194 Å². The first kappa shape index (κ1) is 22.2. The summed E-state index contributed by atoms with van der Waals surface area (Å²) in [6.07, 6.45) is 11.9. The summed E-state index contributed by atoms with van der Waals surface area (Å²) in [5, 5.41) is 10.6. The number of thiophene rings is 1. The molecule has 31 heavy (non-hydrogen) atoms. The van der Waals surface area contributed by atoms with Gasteiger partial charge in [0.05, 0.1) is 5.71 Å². The van der Waals surface area contributed by atoms with E-state index in [1.807, 2.05) is 30.4 Å². The molecule has 0 bridgehead atoms. The van der Waals surface area contributed by atoms with Crippen molar-refractivity contribution < 1.29 is 0 Å². The van der Waals surface area contributed by atoms with Gasteiger partial charge in [-0.05, 0) is 38.0 Å².